The number of fused-ring (bicyclic) bond motifs is 1. The second-order valence-electron chi connectivity index (χ2n) is 5.50. The molecule has 3 rings (SSSR count). The predicted octanol–water partition coefficient (Wildman–Crippen LogP) is 3.83. The second kappa shape index (κ2) is 6.93. The third-order valence-electron chi connectivity index (χ3n) is 3.65. The smallest absolute Gasteiger partial charge is 0.260 e. The van der Waals surface area contributed by atoms with Crippen molar-refractivity contribution in [3.63, 3.8) is 0 Å². The van der Waals surface area contributed by atoms with E-state index in [0.717, 1.165) is 16.9 Å². The van der Waals surface area contributed by atoms with Crippen molar-refractivity contribution in [3.8, 4) is 5.75 Å². The summed E-state index contributed by atoms with van der Waals surface area (Å²) in [6.45, 7) is 2.19. The molecule has 0 bridgehead atoms. The average Bonchev–Trinajstić information content (AvgIpc) is 2.99. The van der Waals surface area contributed by atoms with Gasteiger partial charge in [0.25, 0.3) is 5.91 Å². The van der Waals surface area contributed by atoms with Gasteiger partial charge in [0, 0.05) is 18.6 Å². The Kier molecular flexibility index (Phi) is 4.71. The van der Waals surface area contributed by atoms with E-state index in [1.54, 1.807) is 30.3 Å². The van der Waals surface area contributed by atoms with Crippen molar-refractivity contribution in [2.24, 2.45) is 0 Å². The number of pyridine rings is 1. The molecule has 0 aliphatic rings. The highest BCUT2D eigenvalue weighted by molar-refractivity contribution is 6.35. The molecule has 0 saturated heterocycles. The summed E-state index contributed by atoms with van der Waals surface area (Å²) in [6, 6.07) is 10.9. The van der Waals surface area contributed by atoms with Gasteiger partial charge in [-0.15, -0.1) is 0 Å². The van der Waals surface area contributed by atoms with E-state index in [4.69, 9.17) is 20.8 Å². The van der Waals surface area contributed by atoms with E-state index in [1.807, 2.05) is 31.2 Å². The molecule has 6 heteroatoms. The maximum atomic E-state index is 12.2. The maximum absolute atomic E-state index is 12.2. The molecule has 124 valence electrons. The lowest BCUT2D eigenvalue weighted by Gasteiger charge is -2.16. The lowest BCUT2D eigenvalue weighted by molar-refractivity contribution is -0.132. The Morgan fingerprint density at radius 3 is 2.88 bits per heavy atom. The summed E-state index contributed by atoms with van der Waals surface area (Å²) >= 11 is 6.15. The van der Waals surface area contributed by atoms with Crippen molar-refractivity contribution in [2.75, 3.05) is 13.7 Å². The molecule has 3 aromatic rings. The topological polar surface area (TPSA) is 55.6 Å². The summed E-state index contributed by atoms with van der Waals surface area (Å²) < 4.78 is 11.1. The molecule has 1 amide bonds. The Morgan fingerprint density at radius 2 is 2.12 bits per heavy atom. The third kappa shape index (κ3) is 3.51. The van der Waals surface area contributed by atoms with Gasteiger partial charge in [-0.3, -0.25) is 9.78 Å². The first-order chi connectivity index (χ1) is 11.5. The number of amides is 1. The number of hydrogen-bond acceptors (Lipinski definition) is 4. The SMILES string of the molecule is Cc1ccc(CN(C)C(=O)COc2ccc(Cl)c3cccnc23)o1. The molecule has 24 heavy (non-hydrogen) atoms. The summed E-state index contributed by atoms with van der Waals surface area (Å²) in [7, 11) is 1.71. The molecule has 0 aliphatic carbocycles. The van der Waals surface area contributed by atoms with E-state index in [0.29, 0.717) is 22.8 Å². The van der Waals surface area contributed by atoms with Crippen LogP contribution in [0.4, 0.5) is 0 Å². The Hall–Kier alpha value is -2.53. The van der Waals surface area contributed by atoms with Gasteiger partial charge in [0.1, 0.15) is 22.8 Å². The van der Waals surface area contributed by atoms with E-state index in [2.05, 4.69) is 4.98 Å². The quantitative estimate of drug-likeness (QED) is 0.706. The van der Waals surface area contributed by atoms with Gasteiger partial charge in [-0.05, 0) is 43.3 Å². The van der Waals surface area contributed by atoms with Gasteiger partial charge in [-0.25, -0.2) is 0 Å². The number of halogens is 1. The number of aryl methyl sites for hydroxylation is 1. The zero-order valence-electron chi connectivity index (χ0n) is 13.5. The van der Waals surface area contributed by atoms with Crippen LogP contribution < -0.4 is 4.74 Å². The number of nitrogens with zero attached hydrogens (tertiary/aromatic N) is 2. The standard InChI is InChI=1S/C18H17ClN2O3/c1-12-5-6-13(24-12)10-21(2)17(22)11-23-16-8-7-15(19)14-4-3-9-20-18(14)16/h3-9H,10-11H2,1-2H3. The normalized spacial score (nSPS) is 10.8. The molecular weight excluding hydrogens is 328 g/mol. The fraction of sp³-hybridized carbons (Fsp3) is 0.222. The first kappa shape index (κ1) is 16.3. The molecule has 1 aromatic carbocycles. The van der Waals surface area contributed by atoms with Crippen LogP contribution in [0, 0.1) is 6.92 Å². The first-order valence-electron chi connectivity index (χ1n) is 7.50. The number of hydrogen-bond donors (Lipinski definition) is 0. The van der Waals surface area contributed by atoms with Crippen LogP contribution in [0.15, 0.2) is 47.0 Å². The molecule has 0 unspecified atom stereocenters. The number of furan rings is 1. The molecule has 0 atom stereocenters. The monoisotopic (exact) mass is 344 g/mol. The highest BCUT2D eigenvalue weighted by Crippen LogP contribution is 2.29. The maximum Gasteiger partial charge on any atom is 0.260 e. The molecular formula is C18H17ClN2O3. The molecule has 0 spiro atoms. The van der Waals surface area contributed by atoms with Gasteiger partial charge in [-0.1, -0.05) is 11.6 Å². The minimum atomic E-state index is -0.150. The predicted molar refractivity (Wildman–Crippen MR) is 92.2 cm³/mol. The number of aromatic nitrogens is 1. The number of carbonyl (C=O) groups is 1. The minimum absolute atomic E-state index is 0.0799. The van der Waals surface area contributed by atoms with Gasteiger partial charge >= 0.3 is 0 Å². The van der Waals surface area contributed by atoms with Crippen molar-refractivity contribution in [1.29, 1.82) is 0 Å². The van der Waals surface area contributed by atoms with Crippen LogP contribution >= 0.6 is 11.6 Å². The van der Waals surface area contributed by atoms with Crippen LogP contribution in [0.3, 0.4) is 0 Å². The lowest BCUT2D eigenvalue weighted by atomic mass is 10.2. The van der Waals surface area contributed by atoms with Crippen molar-refractivity contribution in [3.05, 3.63) is 59.1 Å². The van der Waals surface area contributed by atoms with Crippen LogP contribution in [-0.4, -0.2) is 29.4 Å². The molecule has 0 fully saturated rings. The summed E-state index contributed by atoms with van der Waals surface area (Å²) in [6.07, 6.45) is 1.67. The highest BCUT2D eigenvalue weighted by Gasteiger charge is 2.14. The van der Waals surface area contributed by atoms with Crippen LogP contribution in [0.1, 0.15) is 11.5 Å². The summed E-state index contributed by atoms with van der Waals surface area (Å²) in [5.41, 5.74) is 0.641. The van der Waals surface area contributed by atoms with Crippen molar-refractivity contribution < 1.29 is 13.9 Å². The molecule has 2 aromatic heterocycles. The van der Waals surface area contributed by atoms with Crippen LogP contribution in [0.5, 0.6) is 5.75 Å². The van der Waals surface area contributed by atoms with Crippen LogP contribution in [-0.2, 0) is 11.3 Å². The average molecular weight is 345 g/mol. The molecule has 0 N–H and O–H groups in total. The zero-order chi connectivity index (χ0) is 17.1. The van der Waals surface area contributed by atoms with Gasteiger partial charge in [0.15, 0.2) is 6.61 Å². The Balaban J connectivity index is 1.67. The highest BCUT2D eigenvalue weighted by atomic mass is 35.5. The van der Waals surface area contributed by atoms with E-state index in [-0.39, 0.29) is 12.5 Å². The van der Waals surface area contributed by atoms with E-state index >= 15 is 0 Å². The fourth-order valence-electron chi connectivity index (χ4n) is 2.37. The zero-order valence-corrected chi connectivity index (χ0v) is 14.2. The molecule has 0 radical (unpaired) electrons. The van der Waals surface area contributed by atoms with Gasteiger partial charge in [0.05, 0.1) is 11.6 Å². The summed E-state index contributed by atoms with van der Waals surface area (Å²) in [4.78, 5) is 18.1. The van der Waals surface area contributed by atoms with E-state index in [1.165, 1.54) is 0 Å². The molecule has 0 saturated carbocycles. The third-order valence-corrected chi connectivity index (χ3v) is 3.97. The Labute approximate surface area is 144 Å². The number of likely N-dealkylation sites (N-methyl/N-ethyl adjacent to an activating group) is 1. The lowest BCUT2D eigenvalue weighted by Crippen LogP contribution is -2.30. The number of carbonyl (C=O) groups excluding carboxylic acids is 1. The van der Waals surface area contributed by atoms with Crippen LogP contribution in [0.2, 0.25) is 5.02 Å². The van der Waals surface area contributed by atoms with Gasteiger partial charge < -0.3 is 14.1 Å². The van der Waals surface area contributed by atoms with Crippen LogP contribution in [0.25, 0.3) is 10.9 Å². The Bertz CT molecular complexity index is 876. The fourth-order valence-corrected chi connectivity index (χ4v) is 2.59. The van der Waals surface area contributed by atoms with Crippen molar-refractivity contribution in [1.82, 2.24) is 9.88 Å². The van der Waals surface area contributed by atoms with Gasteiger partial charge in [0.2, 0.25) is 0 Å². The van der Waals surface area contributed by atoms with Gasteiger partial charge in [-0.2, -0.15) is 0 Å². The molecule has 5 nitrogen and oxygen atoms in total. The second-order valence-corrected chi connectivity index (χ2v) is 5.90. The number of ether oxygens (including phenoxy) is 1. The summed E-state index contributed by atoms with van der Waals surface area (Å²) in [5, 5.41) is 1.39. The minimum Gasteiger partial charge on any atom is -0.481 e. The van der Waals surface area contributed by atoms with Crippen molar-refractivity contribution >= 4 is 28.4 Å². The molecule has 0 aliphatic heterocycles. The first-order valence-corrected chi connectivity index (χ1v) is 7.87. The van der Waals surface area contributed by atoms with E-state index in [9.17, 15) is 4.79 Å². The number of rotatable bonds is 5. The summed E-state index contributed by atoms with van der Waals surface area (Å²) in [5.74, 6) is 1.94. The Morgan fingerprint density at radius 1 is 1.29 bits per heavy atom. The molecule has 2 heterocycles. The largest absolute Gasteiger partial charge is 0.481 e. The van der Waals surface area contributed by atoms with E-state index < -0.39 is 0 Å². The number of benzene rings is 1. The van der Waals surface area contributed by atoms with Crippen molar-refractivity contribution in [2.45, 2.75) is 13.5 Å².